The minimum atomic E-state index is -2.04. The molecule has 0 saturated carbocycles. The highest BCUT2D eigenvalue weighted by Gasteiger charge is 2.37. The highest BCUT2D eigenvalue weighted by atomic mass is 28.4. The van der Waals surface area contributed by atoms with E-state index in [9.17, 15) is 23.9 Å². The first-order valence-electron chi connectivity index (χ1n) is 9.91. The molecular weight excluding hydrogens is 407 g/mol. The van der Waals surface area contributed by atoms with Crippen LogP contribution in [0.15, 0.2) is 24.3 Å². The average Bonchev–Trinajstić information content (AvgIpc) is 2.60. The molecule has 2 atom stereocenters. The maximum Gasteiger partial charge on any atom is 0.326 e. The number of aliphatic carboxylic acids is 1. The number of hydrogen-bond donors (Lipinski definition) is 3. The van der Waals surface area contributed by atoms with Crippen molar-refractivity contribution in [2.75, 3.05) is 6.61 Å². The molecule has 0 aliphatic carbocycles. The van der Waals surface area contributed by atoms with Crippen molar-refractivity contribution >= 4 is 26.1 Å². The van der Waals surface area contributed by atoms with Gasteiger partial charge in [0.15, 0.2) is 8.32 Å². The molecule has 30 heavy (non-hydrogen) atoms. The predicted octanol–water partition coefficient (Wildman–Crippen LogP) is 2.85. The van der Waals surface area contributed by atoms with Crippen molar-refractivity contribution in [1.29, 1.82) is 0 Å². The topological polar surface area (TPSA) is 105 Å². The first-order valence-corrected chi connectivity index (χ1v) is 12.8. The Bertz CT molecular complexity index is 747. The van der Waals surface area contributed by atoms with Crippen LogP contribution < -0.4 is 10.6 Å². The lowest BCUT2D eigenvalue weighted by atomic mass is 10.0. The normalized spacial score (nSPS) is 14.0. The van der Waals surface area contributed by atoms with E-state index in [2.05, 4.69) is 44.5 Å². The van der Waals surface area contributed by atoms with Crippen molar-refractivity contribution < 1.29 is 28.3 Å². The summed E-state index contributed by atoms with van der Waals surface area (Å²) in [6, 6.07) is 3.42. The van der Waals surface area contributed by atoms with Gasteiger partial charge in [-0.15, -0.1) is 0 Å². The molecule has 168 valence electrons. The molecule has 1 aromatic rings. The number of hydrogen-bond acceptors (Lipinski definition) is 4. The number of halogens is 1. The summed E-state index contributed by atoms with van der Waals surface area (Å²) in [5.41, 5.74) is 0.637. The third-order valence-electron chi connectivity index (χ3n) is 5.34. The number of carbonyl (C=O) groups excluding carboxylic acids is 2. The Morgan fingerprint density at radius 1 is 1.10 bits per heavy atom. The Labute approximate surface area is 178 Å². The lowest BCUT2D eigenvalue weighted by molar-refractivity contribution is -0.142. The molecule has 1 aromatic carbocycles. The summed E-state index contributed by atoms with van der Waals surface area (Å²) >= 11 is 0. The molecule has 0 aromatic heterocycles. The first kappa shape index (κ1) is 25.8. The third-order valence-corrected chi connectivity index (χ3v) is 9.88. The van der Waals surface area contributed by atoms with Gasteiger partial charge >= 0.3 is 5.97 Å². The maximum absolute atomic E-state index is 13.1. The van der Waals surface area contributed by atoms with Gasteiger partial charge in [0.05, 0.1) is 0 Å². The molecule has 0 saturated heterocycles. The molecule has 7 nitrogen and oxygen atoms in total. The van der Waals surface area contributed by atoms with Gasteiger partial charge in [-0.25, -0.2) is 9.18 Å². The minimum absolute atomic E-state index is 0.0133. The van der Waals surface area contributed by atoms with Crippen molar-refractivity contribution in [2.24, 2.45) is 0 Å². The molecule has 0 unspecified atom stereocenters. The number of amides is 2. The molecule has 0 radical (unpaired) electrons. The largest absolute Gasteiger partial charge is 0.480 e. The summed E-state index contributed by atoms with van der Waals surface area (Å²) in [6.45, 7) is 11.9. The molecule has 0 aliphatic heterocycles. The molecule has 1 rings (SSSR count). The number of carboxylic acid groups (broad SMARTS) is 1. The van der Waals surface area contributed by atoms with Gasteiger partial charge in [0.2, 0.25) is 11.8 Å². The Morgan fingerprint density at radius 3 is 2.13 bits per heavy atom. The van der Waals surface area contributed by atoms with Gasteiger partial charge in [-0.1, -0.05) is 32.9 Å². The smallest absolute Gasteiger partial charge is 0.326 e. The van der Waals surface area contributed by atoms with Crippen molar-refractivity contribution in [3.63, 3.8) is 0 Å². The van der Waals surface area contributed by atoms with Crippen LogP contribution in [-0.4, -0.2) is 49.9 Å². The van der Waals surface area contributed by atoms with Crippen LogP contribution in [0.2, 0.25) is 18.1 Å². The van der Waals surface area contributed by atoms with Crippen LogP contribution in [-0.2, 0) is 25.2 Å². The van der Waals surface area contributed by atoms with Crippen molar-refractivity contribution in [2.45, 2.75) is 70.8 Å². The van der Waals surface area contributed by atoms with Gasteiger partial charge in [-0.2, -0.15) is 0 Å². The maximum atomic E-state index is 13.1. The fourth-order valence-electron chi connectivity index (χ4n) is 2.49. The standard InChI is InChI=1S/C21H33FN2O5Si/c1-14(25)23-18(13-15-7-9-16(22)10-8-15)19(26)24-17(20(27)28)11-12-29-30(5,6)21(2,3)4/h7-10,17-18H,11-13H2,1-6H3,(H,23,25)(H,24,26)(H,27,28)/t17-,18-/m0/s1. The fourth-order valence-corrected chi connectivity index (χ4v) is 3.55. The van der Waals surface area contributed by atoms with Crippen LogP contribution in [0.3, 0.4) is 0 Å². The van der Waals surface area contributed by atoms with Crippen LogP contribution >= 0.6 is 0 Å². The van der Waals surface area contributed by atoms with Gasteiger partial charge in [0, 0.05) is 26.4 Å². The molecule has 0 spiro atoms. The van der Waals surface area contributed by atoms with E-state index in [0.29, 0.717) is 5.56 Å². The van der Waals surface area contributed by atoms with Crippen LogP contribution in [0.5, 0.6) is 0 Å². The molecule has 2 amide bonds. The monoisotopic (exact) mass is 440 g/mol. The summed E-state index contributed by atoms with van der Waals surface area (Å²) in [5, 5.41) is 14.5. The zero-order chi connectivity index (χ0) is 23.1. The fraction of sp³-hybridized carbons (Fsp3) is 0.571. The predicted molar refractivity (Wildman–Crippen MR) is 115 cm³/mol. The van der Waals surface area contributed by atoms with Crippen molar-refractivity contribution in [3.8, 4) is 0 Å². The van der Waals surface area contributed by atoms with E-state index in [1.54, 1.807) is 0 Å². The first-order chi connectivity index (χ1) is 13.7. The number of carbonyl (C=O) groups is 3. The molecule has 0 aliphatic rings. The van der Waals surface area contributed by atoms with Crippen LogP contribution in [0.1, 0.15) is 39.7 Å². The van der Waals surface area contributed by atoms with Crippen LogP contribution in [0, 0.1) is 5.82 Å². The molecular formula is C21H33FN2O5Si. The van der Waals surface area contributed by atoms with Crippen molar-refractivity contribution in [1.82, 2.24) is 10.6 Å². The Kier molecular flexibility index (Phi) is 9.17. The third kappa shape index (κ3) is 8.23. The van der Waals surface area contributed by atoms with E-state index in [1.165, 1.54) is 31.2 Å². The quantitative estimate of drug-likeness (QED) is 0.485. The number of rotatable bonds is 10. The van der Waals surface area contributed by atoms with Gasteiger partial charge in [0.25, 0.3) is 0 Å². The summed E-state index contributed by atoms with van der Waals surface area (Å²) in [7, 11) is -2.04. The van der Waals surface area contributed by atoms with E-state index < -0.39 is 44.0 Å². The lowest BCUT2D eigenvalue weighted by Gasteiger charge is -2.36. The highest BCUT2D eigenvalue weighted by molar-refractivity contribution is 6.74. The van der Waals surface area contributed by atoms with Crippen molar-refractivity contribution in [3.05, 3.63) is 35.6 Å². The SMILES string of the molecule is CC(=O)N[C@@H](Cc1ccc(F)cc1)C(=O)N[C@@H](CCO[Si](C)(C)C(C)(C)C)C(=O)O. The number of benzene rings is 1. The van der Waals surface area contributed by atoms with E-state index in [-0.39, 0.29) is 24.5 Å². The van der Waals surface area contributed by atoms with Gasteiger partial charge in [-0.3, -0.25) is 9.59 Å². The molecule has 0 bridgehead atoms. The summed E-state index contributed by atoms with van der Waals surface area (Å²) in [6.07, 6.45) is 0.218. The van der Waals surface area contributed by atoms with E-state index in [4.69, 9.17) is 4.43 Å². The Hall–Kier alpha value is -2.26. The zero-order valence-electron chi connectivity index (χ0n) is 18.5. The van der Waals surface area contributed by atoms with Crippen LogP contribution in [0.4, 0.5) is 4.39 Å². The van der Waals surface area contributed by atoms with Gasteiger partial charge < -0.3 is 20.2 Å². The summed E-state index contributed by atoms with van der Waals surface area (Å²) in [5.74, 6) is -2.63. The second kappa shape index (κ2) is 10.7. The summed E-state index contributed by atoms with van der Waals surface area (Å²) in [4.78, 5) is 35.8. The molecule has 9 heteroatoms. The van der Waals surface area contributed by atoms with Crippen LogP contribution in [0.25, 0.3) is 0 Å². The minimum Gasteiger partial charge on any atom is -0.480 e. The molecule has 0 fully saturated rings. The zero-order valence-corrected chi connectivity index (χ0v) is 19.5. The average molecular weight is 441 g/mol. The van der Waals surface area contributed by atoms with E-state index in [1.807, 2.05) is 0 Å². The Balaban J connectivity index is 2.80. The molecule has 3 N–H and O–H groups in total. The van der Waals surface area contributed by atoms with E-state index >= 15 is 0 Å². The lowest BCUT2D eigenvalue weighted by Crippen LogP contribution is -2.52. The number of nitrogens with one attached hydrogen (secondary N) is 2. The van der Waals surface area contributed by atoms with E-state index in [0.717, 1.165) is 0 Å². The molecule has 0 heterocycles. The second-order valence-corrected chi connectivity index (χ2v) is 13.7. The number of carboxylic acids is 1. The van der Waals surface area contributed by atoms with Gasteiger partial charge in [-0.05, 0) is 35.8 Å². The second-order valence-electron chi connectivity index (χ2n) is 8.88. The Morgan fingerprint density at radius 2 is 1.67 bits per heavy atom. The highest BCUT2D eigenvalue weighted by Crippen LogP contribution is 2.36. The summed E-state index contributed by atoms with van der Waals surface area (Å²) < 4.78 is 19.1. The van der Waals surface area contributed by atoms with Gasteiger partial charge in [0.1, 0.15) is 17.9 Å².